The summed E-state index contributed by atoms with van der Waals surface area (Å²) in [7, 11) is 0. The van der Waals surface area contributed by atoms with E-state index in [1.54, 1.807) is 24.4 Å². The molecule has 0 aliphatic carbocycles. The number of benzene rings is 2. The van der Waals surface area contributed by atoms with E-state index in [4.69, 9.17) is 28.9 Å². The summed E-state index contributed by atoms with van der Waals surface area (Å²) >= 11 is 12.0. The maximum atomic E-state index is 6.27. The highest BCUT2D eigenvalue weighted by atomic mass is 35.5. The first-order chi connectivity index (χ1) is 13.1. The molecule has 0 aliphatic heterocycles. The lowest BCUT2D eigenvalue weighted by Crippen LogP contribution is -2.05. The number of hydrogen-bond donors (Lipinski definition) is 3. The summed E-state index contributed by atoms with van der Waals surface area (Å²) in [5.41, 5.74) is 9.10. The van der Waals surface area contributed by atoms with Crippen molar-refractivity contribution in [2.24, 2.45) is 0 Å². The topological polar surface area (TPSA) is 88.8 Å². The predicted molar refractivity (Wildman–Crippen MR) is 111 cm³/mol. The molecule has 134 valence electrons. The molecule has 0 bridgehead atoms. The maximum Gasteiger partial charge on any atom is 0.159 e. The van der Waals surface area contributed by atoms with Gasteiger partial charge in [-0.25, -0.2) is 9.97 Å². The van der Waals surface area contributed by atoms with Crippen LogP contribution in [0.3, 0.4) is 0 Å². The van der Waals surface area contributed by atoms with Crippen molar-refractivity contribution in [2.75, 3.05) is 16.4 Å². The Morgan fingerprint density at radius 1 is 0.815 bits per heavy atom. The van der Waals surface area contributed by atoms with Crippen molar-refractivity contribution in [1.29, 1.82) is 0 Å². The van der Waals surface area contributed by atoms with E-state index < -0.39 is 0 Å². The molecule has 0 saturated carbocycles. The lowest BCUT2D eigenvalue weighted by molar-refractivity contribution is 1.17. The van der Waals surface area contributed by atoms with E-state index in [0.717, 1.165) is 22.3 Å². The van der Waals surface area contributed by atoms with E-state index in [0.29, 0.717) is 27.4 Å². The van der Waals surface area contributed by atoms with Gasteiger partial charge in [0.15, 0.2) is 11.6 Å². The summed E-state index contributed by atoms with van der Waals surface area (Å²) in [4.78, 5) is 12.8. The van der Waals surface area contributed by atoms with Crippen molar-refractivity contribution in [1.82, 2.24) is 15.0 Å². The van der Waals surface area contributed by atoms with Crippen LogP contribution in [0.4, 0.5) is 28.7 Å². The van der Waals surface area contributed by atoms with E-state index in [-0.39, 0.29) is 0 Å². The summed E-state index contributed by atoms with van der Waals surface area (Å²) in [6.07, 6.45) is 3.19. The van der Waals surface area contributed by atoms with Gasteiger partial charge >= 0.3 is 0 Å². The number of hydrogen-bond acceptors (Lipinski definition) is 6. The maximum absolute atomic E-state index is 6.27. The van der Waals surface area contributed by atoms with Gasteiger partial charge in [0.25, 0.3) is 0 Å². The quantitative estimate of drug-likeness (QED) is 0.427. The number of nitrogens with zero attached hydrogens (tertiary/aromatic N) is 3. The van der Waals surface area contributed by atoms with Crippen molar-refractivity contribution in [3.63, 3.8) is 0 Å². The number of anilines is 5. The zero-order chi connectivity index (χ0) is 18.8. The van der Waals surface area contributed by atoms with Gasteiger partial charge in [0.05, 0.1) is 15.6 Å². The monoisotopic (exact) mass is 396 g/mol. The molecule has 0 amide bonds. The minimum atomic E-state index is 0.379. The fourth-order valence-electron chi connectivity index (χ4n) is 2.65. The van der Waals surface area contributed by atoms with E-state index in [1.807, 2.05) is 30.3 Å². The van der Waals surface area contributed by atoms with Gasteiger partial charge in [0.2, 0.25) is 0 Å². The van der Waals surface area contributed by atoms with Gasteiger partial charge in [0, 0.05) is 23.0 Å². The fourth-order valence-corrected chi connectivity index (χ4v) is 2.94. The molecule has 0 radical (unpaired) electrons. The highest BCUT2D eigenvalue weighted by Gasteiger charge is 2.11. The first kappa shape index (κ1) is 17.3. The van der Waals surface area contributed by atoms with Crippen molar-refractivity contribution in [2.45, 2.75) is 0 Å². The molecule has 0 fully saturated rings. The first-order valence-corrected chi connectivity index (χ1v) is 8.81. The Hall–Kier alpha value is -3.09. The molecule has 4 N–H and O–H groups in total. The smallest absolute Gasteiger partial charge is 0.159 e. The van der Waals surface area contributed by atoms with E-state index in [2.05, 4.69) is 25.6 Å². The molecule has 2 heterocycles. The van der Waals surface area contributed by atoms with Crippen molar-refractivity contribution in [3.05, 3.63) is 71.1 Å². The molecule has 0 aliphatic rings. The second kappa shape index (κ2) is 7.26. The second-order valence-corrected chi connectivity index (χ2v) is 6.55. The van der Waals surface area contributed by atoms with Crippen LogP contribution >= 0.6 is 23.2 Å². The predicted octanol–water partition coefficient (Wildman–Crippen LogP) is 5.40. The summed E-state index contributed by atoms with van der Waals surface area (Å²) in [6, 6.07) is 14.9. The second-order valence-electron chi connectivity index (χ2n) is 5.74. The molecule has 0 saturated heterocycles. The Bertz CT molecular complexity index is 1130. The third kappa shape index (κ3) is 3.58. The number of nitrogens with one attached hydrogen (secondary N) is 2. The van der Waals surface area contributed by atoms with Crippen LogP contribution in [-0.4, -0.2) is 15.0 Å². The van der Waals surface area contributed by atoms with Crippen LogP contribution < -0.4 is 16.4 Å². The molecular formula is C19H14Cl2N6. The number of fused-ring (bicyclic) bond motifs is 1. The zero-order valence-corrected chi connectivity index (χ0v) is 15.5. The fraction of sp³-hybridized carbons (Fsp3) is 0. The average Bonchev–Trinajstić information content (AvgIpc) is 2.68. The molecule has 6 nitrogen and oxygen atoms in total. The van der Waals surface area contributed by atoms with Gasteiger partial charge in [-0.2, -0.15) is 0 Å². The van der Waals surface area contributed by atoms with Gasteiger partial charge in [-0.3, -0.25) is 4.98 Å². The van der Waals surface area contributed by atoms with Gasteiger partial charge in [-0.15, -0.1) is 0 Å². The Morgan fingerprint density at radius 2 is 1.63 bits per heavy atom. The van der Waals surface area contributed by atoms with Crippen LogP contribution in [0.1, 0.15) is 0 Å². The molecule has 4 aromatic rings. The Kier molecular flexibility index (Phi) is 4.66. The number of rotatable bonds is 4. The molecular weight excluding hydrogens is 383 g/mol. The van der Waals surface area contributed by atoms with Crippen LogP contribution in [0.5, 0.6) is 0 Å². The highest BCUT2D eigenvalue weighted by molar-refractivity contribution is 6.42. The van der Waals surface area contributed by atoms with Crippen LogP contribution in [0.15, 0.2) is 61.1 Å². The summed E-state index contributed by atoms with van der Waals surface area (Å²) in [5, 5.41) is 8.28. The van der Waals surface area contributed by atoms with Crippen LogP contribution in [-0.2, 0) is 0 Å². The minimum absolute atomic E-state index is 0.379. The molecule has 0 atom stereocenters. The van der Waals surface area contributed by atoms with Crippen molar-refractivity contribution >= 4 is 62.8 Å². The van der Waals surface area contributed by atoms with E-state index in [1.165, 1.54) is 6.33 Å². The number of nitrogens with two attached hydrogens (primary N) is 1. The molecule has 0 spiro atoms. The van der Waals surface area contributed by atoms with Gasteiger partial charge in [0.1, 0.15) is 12.0 Å². The highest BCUT2D eigenvalue weighted by Crippen LogP contribution is 2.32. The zero-order valence-electron chi connectivity index (χ0n) is 13.9. The SMILES string of the molecule is Nc1c(Nc2ccc(Cl)c(Cl)c2)ncnc1Nc1cccc2ncccc12. The normalized spacial score (nSPS) is 10.7. The number of pyridine rings is 1. The molecule has 4 rings (SSSR count). The third-order valence-corrected chi connectivity index (χ3v) is 4.70. The lowest BCUT2D eigenvalue weighted by atomic mass is 10.2. The summed E-state index contributed by atoms with van der Waals surface area (Å²) in [5.74, 6) is 0.952. The molecule has 0 unspecified atom stereocenters. The Morgan fingerprint density at radius 3 is 2.44 bits per heavy atom. The van der Waals surface area contributed by atoms with Gasteiger partial charge in [-0.1, -0.05) is 29.3 Å². The van der Waals surface area contributed by atoms with Crippen LogP contribution in [0.25, 0.3) is 10.9 Å². The van der Waals surface area contributed by atoms with E-state index in [9.17, 15) is 0 Å². The molecule has 8 heteroatoms. The number of nitrogen functional groups attached to an aromatic ring is 1. The number of aromatic nitrogens is 3. The van der Waals surface area contributed by atoms with Crippen molar-refractivity contribution in [3.8, 4) is 0 Å². The Balaban J connectivity index is 1.66. The minimum Gasteiger partial charge on any atom is -0.393 e. The molecule has 2 aromatic carbocycles. The third-order valence-electron chi connectivity index (χ3n) is 3.97. The van der Waals surface area contributed by atoms with Gasteiger partial charge in [-0.05, 0) is 42.5 Å². The average molecular weight is 397 g/mol. The summed E-state index contributed by atoms with van der Waals surface area (Å²) in [6.45, 7) is 0. The van der Waals surface area contributed by atoms with E-state index >= 15 is 0 Å². The van der Waals surface area contributed by atoms with Crippen molar-refractivity contribution < 1.29 is 0 Å². The van der Waals surface area contributed by atoms with Gasteiger partial charge < -0.3 is 16.4 Å². The number of halogens is 2. The first-order valence-electron chi connectivity index (χ1n) is 8.05. The van der Waals surface area contributed by atoms with Crippen LogP contribution in [0.2, 0.25) is 10.0 Å². The lowest BCUT2D eigenvalue weighted by Gasteiger charge is -2.14. The standard InChI is InChI=1S/C19H14Cl2N6/c20-13-7-6-11(9-14(13)21)26-18-17(22)19(25-10-24-18)27-16-5-1-4-15-12(16)3-2-8-23-15/h1-10H,22H2,(H2,24,25,26,27). The molecule has 2 aromatic heterocycles. The summed E-state index contributed by atoms with van der Waals surface area (Å²) < 4.78 is 0. The largest absolute Gasteiger partial charge is 0.393 e. The molecule has 27 heavy (non-hydrogen) atoms. The Labute approximate surface area is 165 Å². The van der Waals surface area contributed by atoms with Crippen LogP contribution in [0, 0.1) is 0 Å².